The van der Waals surface area contributed by atoms with Crippen LogP contribution in [0.2, 0.25) is 0 Å². The standard InChI is InChI=1S/C14H27N3O3.C2HF3O2/c1-4-6-11-20-13(19)17-9-7-16(8-10-17)12(18)14(3,15)5-2;3-2(4,5)1(6)7/h4-11,15H2,1-3H3;(H,6,7)/t14-;/m0./s1. The molecular formula is C16H28F3N3O5. The fraction of sp³-hybridized carbons (Fsp3) is 0.812. The number of aliphatic carboxylic acids is 1. The van der Waals surface area contributed by atoms with Gasteiger partial charge in [-0.25, -0.2) is 9.59 Å². The molecule has 0 bridgehead atoms. The molecule has 1 atom stereocenters. The summed E-state index contributed by atoms with van der Waals surface area (Å²) < 4.78 is 36.9. The molecule has 0 saturated carbocycles. The first-order valence-corrected chi connectivity index (χ1v) is 8.66. The van der Waals surface area contributed by atoms with E-state index in [2.05, 4.69) is 6.92 Å². The number of piperazine rings is 1. The highest BCUT2D eigenvalue weighted by Crippen LogP contribution is 2.14. The number of carbonyl (C=O) groups is 3. The summed E-state index contributed by atoms with van der Waals surface area (Å²) in [5.74, 6) is -2.80. The summed E-state index contributed by atoms with van der Waals surface area (Å²) in [6.45, 7) is 8.23. The van der Waals surface area contributed by atoms with E-state index in [-0.39, 0.29) is 12.0 Å². The number of rotatable bonds is 5. The lowest BCUT2D eigenvalue weighted by atomic mass is 9.98. The predicted molar refractivity (Wildman–Crippen MR) is 91.0 cm³/mol. The van der Waals surface area contributed by atoms with Crippen LogP contribution in [0.5, 0.6) is 0 Å². The molecule has 11 heteroatoms. The van der Waals surface area contributed by atoms with E-state index in [0.717, 1.165) is 12.8 Å². The summed E-state index contributed by atoms with van der Waals surface area (Å²) >= 11 is 0. The number of hydrogen-bond acceptors (Lipinski definition) is 5. The lowest BCUT2D eigenvalue weighted by Crippen LogP contribution is -2.58. The first-order chi connectivity index (χ1) is 12.4. The molecule has 1 saturated heterocycles. The molecule has 0 aromatic carbocycles. The van der Waals surface area contributed by atoms with Crippen LogP contribution in [0.4, 0.5) is 18.0 Å². The molecule has 0 unspecified atom stereocenters. The molecule has 158 valence electrons. The Kier molecular flexibility index (Phi) is 10.1. The SMILES string of the molecule is CCCCOC(=O)N1CCN(C(=O)[C@@](C)(N)CC)CC1.O=C(O)C(F)(F)F. The highest BCUT2D eigenvalue weighted by Gasteiger charge is 2.38. The molecule has 0 aliphatic carbocycles. The van der Waals surface area contributed by atoms with Gasteiger partial charge in [0.05, 0.1) is 12.1 Å². The Balaban J connectivity index is 0.000000821. The van der Waals surface area contributed by atoms with Crippen molar-refractivity contribution >= 4 is 18.0 Å². The number of amides is 2. The molecule has 27 heavy (non-hydrogen) atoms. The van der Waals surface area contributed by atoms with E-state index in [9.17, 15) is 22.8 Å². The van der Waals surface area contributed by atoms with Gasteiger partial charge in [-0.15, -0.1) is 0 Å². The fourth-order valence-corrected chi connectivity index (χ4v) is 2.00. The third-order valence-electron chi connectivity index (χ3n) is 4.01. The van der Waals surface area contributed by atoms with Crippen molar-refractivity contribution in [3.8, 4) is 0 Å². The highest BCUT2D eigenvalue weighted by atomic mass is 19.4. The minimum atomic E-state index is -5.08. The molecular weight excluding hydrogens is 371 g/mol. The summed E-state index contributed by atoms with van der Waals surface area (Å²) in [5, 5.41) is 7.12. The van der Waals surface area contributed by atoms with E-state index in [1.807, 2.05) is 6.92 Å². The fourth-order valence-electron chi connectivity index (χ4n) is 2.00. The zero-order chi connectivity index (χ0) is 21.3. The number of nitrogens with two attached hydrogens (primary N) is 1. The third kappa shape index (κ3) is 8.94. The second kappa shape index (κ2) is 11.0. The molecule has 1 heterocycles. The topological polar surface area (TPSA) is 113 Å². The maximum Gasteiger partial charge on any atom is 0.490 e. The molecule has 0 aromatic heterocycles. The van der Waals surface area contributed by atoms with E-state index in [4.69, 9.17) is 20.4 Å². The first kappa shape index (κ1) is 25.0. The zero-order valence-corrected chi connectivity index (χ0v) is 15.8. The van der Waals surface area contributed by atoms with Crippen LogP contribution in [-0.2, 0) is 14.3 Å². The Labute approximate surface area is 156 Å². The van der Waals surface area contributed by atoms with Gasteiger partial charge in [0.1, 0.15) is 0 Å². The molecule has 1 aliphatic rings. The second-order valence-electron chi connectivity index (χ2n) is 6.32. The minimum absolute atomic E-state index is 0.0426. The molecule has 1 fully saturated rings. The van der Waals surface area contributed by atoms with Gasteiger partial charge in [-0.2, -0.15) is 13.2 Å². The molecule has 0 aromatic rings. The van der Waals surface area contributed by atoms with Crippen LogP contribution in [0.15, 0.2) is 0 Å². The maximum absolute atomic E-state index is 12.2. The smallest absolute Gasteiger partial charge is 0.475 e. The second-order valence-corrected chi connectivity index (χ2v) is 6.32. The quantitative estimate of drug-likeness (QED) is 0.682. The highest BCUT2D eigenvalue weighted by molar-refractivity contribution is 5.85. The summed E-state index contributed by atoms with van der Waals surface area (Å²) in [6.07, 6.45) is -2.88. The molecule has 2 amide bonds. The van der Waals surface area contributed by atoms with Gasteiger partial charge in [0.2, 0.25) is 5.91 Å². The Hall–Kier alpha value is -2.04. The van der Waals surface area contributed by atoms with Crippen molar-refractivity contribution in [2.24, 2.45) is 5.73 Å². The molecule has 0 spiro atoms. The molecule has 3 N–H and O–H groups in total. The van der Waals surface area contributed by atoms with Gasteiger partial charge < -0.3 is 25.4 Å². The van der Waals surface area contributed by atoms with E-state index < -0.39 is 17.7 Å². The lowest BCUT2D eigenvalue weighted by molar-refractivity contribution is -0.192. The van der Waals surface area contributed by atoms with E-state index >= 15 is 0 Å². The number of carbonyl (C=O) groups excluding carboxylic acids is 2. The Morgan fingerprint density at radius 3 is 1.89 bits per heavy atom. The van der Waals surface area contributed by atoms with Crippen LogP contribution in [-0.4, -0.2) is 77.4 Å². The van der Waals surface area contributed by atoms with E-state index in [1.54, 1.807) is 16.7 Å². The van der Waals surface area contributed by atoms with Crippen molar-refractivity contribution in [2.45, 2.75) is 51.7 Å². The average Bonchev–Trinajstić information content (AvgIpc) is 2.61. The summed E-state index contributed by atoms with van der Waals surface area (Å²) in [4.78, 5) is 36.3. The average molecular weight is 399 g/mol. The predicted octanol–water partition coefficient (Wildman–Crippen LogP) is 1.83. The zero-order valence-electron chi connectivity index (χ0n) is 15.8. The number of alkyl halides is 3. The van der Waals surface area contributed by atoms with Crippen LogP contribution < -0.4 is 5.73 Å². The van der Waals surface area contributed by atoms with E-state index in [0.29, 0.717) is 39.2 Å². The number of unbranched alkanes of at least 4 members (excludes halogenated alkanes) is 1. The van der Waals surface area contributed by atoms with Crippen molar-refractivity contribution in [3.05, 3.63) is 0 Å². The Bertz CT molecular complexity index is 504. The third-order valence-corrected chi connectivity index (χ3v) is 4.01. The largest absolute Gasteiger partial charge is 0.490 e. The van der Waals surface area contributed by atoms with Crippen LogP contribution in [0.1, 0.15) is 40.0 Å². The van der Waals surface area contributed by atoms with Gasteiger partial charge in [0, 0.05) is 26.2 Å². The van der Waals surface area contributed by atoms with Gasteiger partial charge in [-0.1, -0.05) is 20.3 Å². The maximum atomic E-state index is 12.2. The Morgan fingerprint density at radius 2 is 1.52 bits per heavy atom. The summed E-state index contributed by atoms with van der Waals surface area (Å²) in [7, 11) is 0. The number of halogens is 3. The van der Waals surface area contributed by atoms with Crippen LogP contribution >= 0.6 is 0 Å². The number of carboxylic acid groups (broad SMARTS) is 1. The van der Waals surface area contributed by atoms with Gasteiger partial charge in [0.15, 0.2) is 0 Å². The van der Waals surface area contributed by atoms with Crippen molar-refractivity contribution in [1.29, 1.82) is 0 Å². The van der Waals surface area contributed by atoms with Crippen LogP contribution in [0.25, 0.3) is 0 Å². The number of hydrogen-bond donors (Lipinski definition) is 2. The van der Waals surface area contributed by atoms with Crippen molar-refractivity contribution in [2.75, 3.05) is 32.8 Å². The Morgan fingerprint density at radius 1 is 1.07 bits per heavy atom. The van der Waals surface area contributed by atoms with Gasteiger partial charge >= 0.3 is 18.2 Å². The number of carboxylic acids is 1. The molecule has 1 aliphatic heterocycles. The normalized spacial score (nSPS) is 16.7. The van der Waals surface area contributed by atoms with E-state index in [1.165, 1.54) is 0 Å². The summed E-state index contributed by atoms with van der Waals surface area (Å²) in [5.41, 5.74) is 5.15. The summed E-state index contributed by atoms with van der Waals surface area (Å²) in [6, 6.07) is 0. The molecule has 0 radical (unpaired) electrons. The van der Waals surface area contributed by atoms with Crippen molar-refractivity contribution in [3.63, 3.8) is 0 Å². The van der Waals surface area contributed by atoms with Gasteiger partial charge in [0.25, 0.3) is 0 Å². The number of ether oxygens (including phenoxy) is 1. The lowest BCUT2D eigenvalue weighted by Gasteiger charge is -2.37. The monoisotopic (exact) mass is 399 g/mol. The first-order valence-electron chi connectivity index (χ1n) is 8.66. The molecule has 8 nitrogen and oxygen atoms in total. The van der Waals surface area contributed by atoms with Crippen molar-refractivity contribution < 1.29 is 37.4 Å². The van der Waals surface area contributed by atoms with Gasteiger partial charge in [-0.3, -0.25) is 4.79 Å². The minimum Gasteiger partial charge on any atom is -0.475 e. The van der Waals surface area contributed by atoms with Crippen LogP contribution in [0, 0.1) is 0 Å². The molecule has 1 rings (SSSR count). The van der Waals surface area contributed by atoms with Gasteiger partial charge in [-0.05, 0) is 19.8 Å². The number of nitrogens with zero attached hydrogens (tertiary/aromatic N) is 2. The van der Waals surface area contributed by atoms with Crippen LogP contribution in [0.3, 0.4) is 0 Å². The van der Waals surface area contributed by atoms with Crippen molar-refractivity contribution in [1.82, 2.24) is 9.80 Å².